The Bertz CT molecular complexity index is 937. The predicted octanol–water partition coefficient (Wildman–Crippen LogP) is 4.43. The molecule has 162 valence electrons. The van der Waals surface area contributed by atoms with Crippen LogP contribution in [0.25, 0.3) is 0 Å². The van der Waals surface area contributed by atoms with Crippen LogP contribution >= 0.6 is 0 Å². The van der Waals surface area contributed by atoms with Crippen LogP contribution < -0.4 is 14.8 Å². The lowest BCUT2D eigenvalue weighted by atomic mass is 9.98. The highest BCUT2D eigenvalue weighted by molar-refractivity contribution is 5.82. The summed E-state index contributed by atoms with van der Waals surface area (Å²) >= 11 is 0. The maximum atomic E-state index is 13.2. The third-order valence-electron chi connectivity index (χ3n) is 5.51. The Morgan fingerprint density at radius 1 is 0.903 bits per heavy atom. The van der Waals surface area contributed by atoms with E-state index in [0.717, 1.165) is 28.2 Å². The van der Waals surface area contributed by atoms with Crippen LogP contribution in [0.15, 0.2) is 78.9 Å². The summed E-state index contributed by atoms with van der Waals surface area (Å²) < 4.78 is 10.8. The third-order valence-corrected chi connectivity index (χ3v) is 5.51. The SMILES string of the molecule is COc1ccc(CN(C)[C@H](C)C(=O)NC(c2ccccc2)c2ccccc2)c(OC)c1. The average molecular weight is 419 g/mol. The van der Waals surface area contributed by atoms with Gasteiger partial charge in [-0.05, 0) is 31.2 Å². The number of ether oxygens (including phenoxy) is 2. The second-order valence-electron chi connectivity index (χ2n) is 7.53. The van der Waals surface area contributed by atoms with E-state index in [-0.39, 0.29) is 18.0 Å². The first kappa shape index (κ1) is 22.4. The minimum Gasteiger partial charge on any atom is -0.497 e. The second kappa shape index (κ2) is 10.6. The Morgan fingerprint density at radius 3 is 2.00 bits per heavy atom. The van der Waals surface area contributed by atoms with Crippen molar-refractivity contribution >= 4 is 5.91 Å². The van der Waals surface area contributed by atoms with Crippen LogP contribution in [0.1, 0.15) is 29.7 Å². The summed E-state index contributed by atoms with van der Waals surface area (Å²) in [5, 5.41) is 3.23. The first-order chi connectivity index (χ1) is 15.0. The van der Waals surface area contributed by atoms with Crippen molar-refractivity contribution in [1.29, 1.82) is 0 Å². The number of nitrogens with zero attached hydrogens (tertiary/aromatic N) is 1. The summed E-state index contributed by atoms with van der Waals surface area (Å²) in [4.78, 5) is 15.2. The Labute approximate surface area is 184 Å². The molecule has 0 aliphatic heterocycles. The number of benzene rings is 3. The minimum atomic E-state index is -0.332. The lowest BCUT2D eigenvalue weighted by Crippen LogP contribution is -2.44. The summed E-state index contributed by atoms with van der Waals surface area (Å²) in [6.07, 6.45) is 0. The zero-order chi connectivity index (χ0) is 22.2. The zero-order valence-corrected chi connectivity index (χ0v) is 18.5. The van der Waals surface area contributed by atoms with Gasteiger partial charge in [-0.15, -0.1) is 0 Å². The van der Waals surface area contributed by atoms with Gasteiger partial charge in [-0.2, -0.15) is 0 Å². The molecule has 0 aliphatic rings. The molecule has 5 nitrogen and oxygen atoms in total. The fraction of sp³-hybridized carbons (Fsp3) is 0.269. The van der Waals surface area contributed by atoms with Gasteiger partial charge in [-0.3, -0.25) is 9.69 Å². The van der Waals surface area contributed by atoms with Crippen LogP contribution in [0.2, 0.25) is 0 Å². The molecule has 1 atom stereocenters. The number of hydrogen-bond donors (Lipinski definition) is 1. The van der Waals surface area contributed by atoms with Crippen molar-refractivity contribution in [2.45, 2.75) is 25.6 Å². The van der Waals surface area contributed by atoms with Gasteiger partial charge >= 0.3 is 0 Å². The van der Waals surface area contributed by atoms with E-state index in [2.05, 4.69) is 5.32 Å². The van der Waals surface area contributed by atoms with Crippen LogP contribution in [0.4, 0.5) is 0 Å². The van der Waals surface area contributed by atoms with E-state index in [4.69, 9.17) is 9.47 Å². The molecule has 3 rings (SSSR count). The second-order valence-corrected chi connectivity index (χ2v) is 7.53. The van der Waals surface area contributed by atoms with Gasteiger partial charge in [0.25, 0.3) is 0 Å². The van der Waals surface area contributed by atoms with E-state index in [1.807, 2.05) is 97.7 Å². The molecule has 0 aliphatic carbocycles. The first-order valence-electron chi connectivity index (χ1n) is 10.3. The number of hydrogen-bond acceptors (Lipinski definition) is 4. The number of carbonyl (C=O) groups is 1. The van der Waals surface area contributed by atoms with Crippen molar-refractivity contribution in [1.82, 2.24) is 10.2 Å². The maximum Gasteiger partial charge on any atom is 0.237 e. The zero-order valence-electron chi connectivity index (χ0n) is 18.5. The van der Waals surface area contributed by atoms with Gasteiger partial charge in [0.1, 0.15) is 11.5 Å². The van der Waals surface area contributed by atoms with Gasteiger partial charge in [0.05, 0.1) is 26.3 Å². The van der Waals surface area contributed by atoms with Crippen LogP contribution in [-0.2, 0) is 11.3 Å². The van der Waals surface area contributed by atoms with Gasteiger partial charge in [0.2, 0.25) is 5.91 Å². The van der Waals surface area contributed by atoms with Crippen LogP contribution in [-0.4, -0.2) is 38.1 Å². The molecular formula is C26H30N2O3. The molecule has 0 saturated heterocycles. The Hall–Kier alpha value is -3.31. The quantitative estimate of drug-likeness (QED) is 0.559. The molecule has 0 fully saturated rings. The van der Waals surface area contributed by atoms with Crippen molar-refractivity contribution < 1.29 is 14.3 Å². The Kier molecular flexibility index (Phi) is 7.68. The molecule has 0 unspecified atom stereocenters. The van der Waals surface area contributed by atoms with E-state index in [1.165, 1.54) is 0 Å². The monoisotopic (exact) mass is 418 g/mol. The Morgan fingerprint density at radius 2 is 1.48 bits per heavy atom. The lowest BCUT2D eigenvalue weighted by molar-refractivity contribution is -0.126. The highest BCUT2D eigenvalue weighted by atomic mass is 16.5. The van der Waals surface area contributed by atoms with Crippen molar-refractivity contribution in [3.05, 3.63) is 95.6 Å². The summed E-state index contributed by atoms with van der Waals surface area (Å²) in [5.41, 5.74) is 3.09. The van der Waals surface area contributed by atoms with E-state index >= 15 is 0 Å². The molecule has 0 heterocycles. The summed E-state index contributed by atoms with van der Waals surface area (Å²) in [6, 6.07) is 25.2. The maximum absolute atomic E-state index is 13.2. The molecule has 0 bridgehead atoms. The molecule has 0 saturated carbocycles. The van der Waals surface area contributed by atoms with Gasteiger partial charge in [0, 0.05) is 18.2 Å². The Balaban J connectivity index is 1.75. The molecule has 0 spiro atoms. The molecule has 3 aromatic rings. The molecule has 31 heavy (non-hydrogen) atoms. The molecule has 3 aromatic carbocycles. The van der Waals surface area contributed by atoms with Crippen LogP contribution in [0, 0.1) is 0 Å². The normalized spacial score (nSPS) is 11.9. The van der Waals surface area contributed by atoms with E-state index in [0.29, 0.717) is 6.54 Å². The molecule has 1 N–H and O–H groups in total. The van der Waals surface area contributed by atoms with E-state index in [1.54, 1.807) is 14.2 Å². The fourth-order valence-electron chi connectivity index (χ4n) is 3.50. The number of methoxy groups -OCH3 is 2. The summed E-state index contributed by atoms with van der Waals surface area (Å²) in [5.74, 6) is 1.44. The number of nitrogens with one attached hydrogen (secondary N) is 1. The predicted molar refractivity (Wildman–Crippen MR) is 123 cm³/mol. The van der Waals surface area contributed by atoms with Gasteiger partial charge in [0.15, 0.2) is 0 Å². The lowest BCUT2D eigenvalue weighted by Gasteiger charge is -2.27. The highest BCUT2D eigenvalue weighted by Gasteiger charge is 2.23. The standard InChI is InChI=1S/C26H30N2O3/c1-19(28(2)18-22-15-16-23(30-3)17-24(22)31-4)26(29)27-25(20-11-7-5-8-12-20)21-13-9-6-10-14-21/h5-17,19,25H,18H2,1-4H3,(H,27,29)/t19-/m1/s1. The smallest absolute Gasteiger partial charge is 0.237 e. The summed E-state index contributed by atoms with van der Waals surface area (Å²) in [6.45, 7) is 2.49. The molecule has 1 amide bonds. The van der Waals surface area contributed by atoms with Crippen molar-refractivity contribution in [3.63, 3.8) is 0 Å². The van der Waals surface area contributed by atoms with Gasteiger partial charge in [-0.25, -0.2) is 0 Å². The van der Waals surface area contributed by atoms with Crippen molar-refractivity contribution in [2.75, 3.05) is 21.3 Å². The topological polar surface area (TPSA) is 50.8 Å². The molecule has 0 aromatic heterocycles. The van der Waals surface area contributed by atoms with Gasteiger partial charge < -0.3 is 14.8 Å². The van der Waals surface area contributed by atoms with Crippen LogP contribution in [0.5, 0.6) is 11.5 Å². The number of likely N-dealkylation sites (N-methyl/N-ethyl adjacent to an activating group) is 1. The highest BCUT2D eigenvalue weighted by Crippen LogP contribution is 2.26. The summed E-state index contributed by atoms with van der Waals surface area (Å²) in [7, 11) is 5.20. The third kappa shape index (κ3) is 5.64. The van der Waals surface area contributed by atoms with Crippen molar-refractivity contribution in [2.24, 2.45) is 0 Å². The van der Waals surface area contributed by atoms with Crippen LogP contribution in [0.3, 0.4) is 0 Å². The van der Waals surface area contributed by atoms with Gasteiger partial charge in [-0.1, -0.05) is 66.7 Å². The average Bonchev–Trinajstić information content (AvgIpc) is 2.83. The minimum absolute atomic E-state index is 0.0346. The molecule has 0 radical (unpaired) electrons. The first-order valence-corrected chi connectivity index (χ1v) is 10.3. The van der Waals surface area contributed by atoms with E-state index in [9.17, 15) is 4.79 Å². The molecule has 5 heteroatoms. The fourth-order valence-corrected chi connectivity index (χ4v) is 3.50. The molecular weight excluding hydrogens is 388 g/mol. The van der Waals surface area contributed by atoms with E-state index < -0.39 is 0 Å². The number of rotatable bonds is 9. The largest absolute Gasteiger partial charge is 0.497 e. The number of carbonyl (C=O) groups excluding carboxylic acids is 1. The number of amides is 1. The van der Waals surface area contributed by atoms with Crippen molar-refractivity contribution in [3.8, 4) is 11.5 Å².